The van der Waals surface area contributed by atoms with Crippen molar-refractivity contribution in [2.75, 3.05) is 6.54 Å². The molecule has 4 nitrogen and oxygen atoms in total. The van der Waals surface area contributed by atoms with Gasteiger partial charge in [0, 0.05) is 18.6 Å². The first-order chi connectivity index (χ1) is 9.69. The summed E-state index contributed by atoms with van der Waals surface area (Å²) in [6.07, 6.45) is 4.83. The molecule has 0 aromatic carbocycles. The van der Waals surface area contributed by atoms with E-state index in [2.05, 4.69) is 31.4 Å². The SMILES string of the molecule is CC(C)C(C)NC(CNC(=O)OC(C)(C)C)C1CCCC1. The number of ether oxygens (including phenoxy) is 1. The molecule has 1 fully saturated rings. The summed E-state index contributed by atoms with van der Waals surface area (Å²) >= 11 is 0. The average molecular weight is 298 g/mol. The van der Waals surface area contributed by atoms with Crippen molar-refractivity contribution in [2.24, 2.45) is 11.8 Å². The maximum atomic E-state index is 11.8. The van der Waals surface area contributed by atoms with Crippen molar-refractivity contribution < 1.29 is 9.53 Å². The largest absolute Gasteiger partial charge is 0.444 e. The summed E-state index contributed by atoms with van der Waals surface area (Å²) in [5.41, 5.74) is -0.439. The van der Waals surface area contributed by atoms with Gasteiger partial charge in [-0.05, 0) is 52.4 Å². The third-order valence-corrected chi connectivity index (χ3v) is 4.31. The smallest absolute Gasteiger partial charge is 0.407 e. The average Bonchev–Trinajstić information content (AvgIpc) is 2.85. The monoisotopic (exact) mass is 298 g/mol. The molecule has 1 aliphatic rings. The minimum atomic E-state index is -0.439. The fraction of sp³-hybridized carbons (Fsp3) is 0.941. The van der Waals surface area contributed by atoms with E-state index in [1.165, 1.54) is 25.7 Å². The van der Waals surface area contributed by atoms with Crippen molar-refractivity contribution in [3.63, 3.8) is 0 Å². The Morgan fingerprint density at radius 1 is 1.19 bits per heavy atom. The molecule has 0 bridgehead atoms. The summed E-state index contributed by atoms with van der Waals surface area (Å²) in [5, 5.41) is 6.64. The molecule has 124 valence electrons. The number of hydrogen-bond acceptors (Lipinski definition) is 3. The molecule has 1 saturated carbocycles. The van der Waals surface area contributed by atoms with Gasteiger partial charge in [0.2, 0.25) is 0 Å². The third kappa shape index (κ3) is 7.16. The minimum absolute atomic E-state index is 0.315. The molecule has 0 heterocycles. The number of rotatable bonds is 6. The van der Waals surface area contributed by atoms with Gasteiger partial charge in [0.15, 0.2) is 0 Å². The summed E-state index contributed by atoms with van der Waals surface area (Å²) in [6, 6.07) is 0.799. The van der Waals surface area contributed by atoms with Gasteiger partial charge in [-0.25, -0.2) is 4.79 Å². The van der Waals surface area contributed by atoms with Gasteiger partial charge in [-0.3, -0.25) is 0 Å². The van der Waals surface area contributed by atoms with Gasteiger partial charge in [-0.1, -0.05) is 26.7 Å². The van der Waals surface area contributed by atoms with E-state index in [4.69, 9.17) is 4.74 Å². The molecule has 0 aliphatic heterocycles. The fourth-order valence-electron chi connectivity index (χ4n) is 2.76. The number of alkyl carbamates (subject to hydrolysis) is 1. The van der Waals surface area contributed by atoms with Crippen LogP contribution in [0.1, 0.15) is 67.2 Å². The lowest BCUT2D eigenvalue weighted by molar-refractivity contribution is 0.0516. The topological polar surface area (TPSA) is 50.4 Å². The Labute approximate surface area is 130 Å². The number of hydrogen-bond donors (Lipinski definition) is 2. The van der Waals surface area contributed by atoms with Crippen molar-refractivity contribution >= 4 is 6.09 Å². The molecule has 2 unspecified atom stereocenters. The predicted octanol–water partition coefficient (Wildman–Crippen LogP) is 3.70. The van der Waals surface area contributed by atoms with Crippen LogP contribution in [0.2, 0.25) is 0 Å². The van der Waals surface area contributed by atoms with Crippen molar-refractivity contribution in [3.05, 3.63) is 0 Å². The Bertz CT molecular complexity index is 317. The molecule has 4 heteroatoms. The van der Waals surface area contributed by atoms with Crippen LogP contribution in [0.5, 0.6) is 0 Å². The molecule has 0 aromatic heterocycles. The van der Waals surface area contributed by atoms with Gasteiger partial charge in [-0.15, -0.1) is 0 Å². The van der Waals surface area contributed by atoms with Gasteiger partial charge in [0.1, 0.15) is 5.60 Å². The van der Waals surface area contributed by atoms with E-state index in [0.29, 0.717) is 30.5 Å². The van der Waals surface area contributed by atoms with E-state index in [1.54, 1.807) is 0 Å². The van der Waals surface area contributed by atoms with Crippen LogP contribution in [0.15, 0.2) is 0 Å². The van der Waals surface area contributed by atoms with Crippen LogP contribution in [0, 0.1) is 11.8 Å². The number of nitrogens with one attached hydrogen (secondary N) is 2. The second kappa shape index (κ2) is 8.02. The van der Waals surface area contributed by atoms with Crippen molar-refractivity contribution in [1.29, 1.82) is 0 Å². The molecule has 0 radical (unpaired) electrons. The summed E-state index contributed by atoms with van der Waals surface area (Å²) < 4.78 is 5.33. The quantitative estimate of drug-likeness (QED) is 0.786. The fourth-order valence-corrected chi connectivity index (χ4v) is 2.76. The highest BCUT2D eigenvalue weighted by Crippen LogP contribution is 2.28. The number of carbonyl (C=O) groups is 1. The highest BCUT2D eigenvalue weighted by atomic mass is 16.6. The lowest BCUT2D eigenvalue weighted by atomic mass is 9.95. The Hall–Kier alpha value is -0.770. The van der Waals surface area contributed by atoms with Crippen molar-refractivity contribution in [1.82, 2.24) is 10.6 Å². The Morgan fingerprint density at radius 3 is 2.24 bits per heavy atom. The van der Waals surface area contributed by atoms with E-state index in [9.17, 15) is 4.79 Å². The van der Waals surface area contributed by atoms with E-state index >= 15 is 0 Å². The van der Waals surface area contributed by atoms with Gasteiger partial charge >= 0.3 is 6.09 Å². The second-order valence-electron chi connectivity index (χ2n) is 7.73. The first kappa shape index (κ1) is 18.3. The van der Waals surface area contributed by atoms with Gasteiger partial charge < -0.3 is 15.4 Å². The zero-order valence-electron chi connectivity index (χ0n) is 14.7. The molecular weight excluding hydrogens is 264 g/mol. The Morgan fingerprint density at radius 2 is 1.76 bits per heavy atom. The number of amides is 1. The maximum absolute atomic E-state index is 11.8. The Kier molecular flexibility index (Phi) is 6.98. The summed E-state index contributed by atoms with van der Waals surface area (Å²) in [6.45, 7) is 13.0. The zero-order valence-corrected chi connectivity index (χ0v) is 14.7. The normalized spacial score (nSPS) is 19.6. The van der Waals surface area contributed by atoms with Crippen LogP contribution >= 0.6 is 0 Å². The molecule has 0 aromatic rings. The van der Waals surface area contributed by atoms with Crippen LogP contribution in [-0.4, -0.2) is 30.3 Å². The van der Waals surface area contributed by atoms with Crippen LogP contribution in [0.25, 0.3) is 0 Å². The molecule has 1 aliphatic carbocycles. The summed E-state index contributed by atoms with van der Waals surface area (Å²) in [7, 11) is 0. The summed E-state index contributed by atoms with van der Waals surface area (Å²) in [5.74, 6) is 1.26. The molecule has 21 heavy (non-hydrogen) atoms. The van der Waals surface area contributed by atoms with E-state index in [1.807, 2.05) is 20.8 Å². The highest BCUT2D eigenvalue weighted by Gasteiger charge is 2.27. The first-order valence-electron chi connectivity index (χ1n) is 8.42. The molecule has 0 saturated heterocycles. The maximum Gasteiger partial charge on any atom is 0.407 e. The zero-order chi connectivity index (χ0) is 16.0. The molecule has 0 spiro atoms. The van der Waals surface area contributed by atoms with Gasteiger partial charge in [-0.2, -0.15) is 0 Å². The van der Waals surface area contributed by atoms with Crippen molar-refractivity contribution in [3.8, 4) is 0 Å². The minimum Gasteiger partial charge on any atom is -0.444 e. The van der Waals surface area contributed by atoms with Crippen LogP contribution < -0.4 is 10.6 Å². The van der Waals surface area contributed by atoms with Gasteiger partial charge in [0.25, 0.3) is 0 Å². The lowest BCUT2D eigenvalue weighted by Gasteiger charge is -2.30. The van der Waals surface area contributed by atoms with E-state index in [0.717, 1.165) is 0 Å². The standard InChI is InChI=1S/C17H34N2O2/c1-12(2)13(3)19-15(14-9-7-8-10-14)11-18-16(20)21-17(4,5)6/h12-15,19H,7-11H2,1-6H3,(H,18,20). The highest BCUT2D eigenvalue weighted by molar-refractivity contribution is 5.67. The molecular formula is C17H34N2O2. The van der Waals surface area contributed by atoms with Crippen LogP contribution in [0.3, 0.4) is 0 Å². The lowest BCUT2D eigenvalue weighted by Crippen LogP contribution is -2.50. The first-order valence-corrected chi connectivity index (χ1v) is 8.42. The predicted molar refractivity (Wildman–Crippen MR) is 87.4 cm³/mol. The van der Waals surface area contributed by atoms with Crippen molar-refractivity contribution in [2.45, 2.75) is 84.9 Å². The molecule has 1 amide bonds. The third-order valence-electron chi connectivity index (χ3n) is 4.31. The van der Waals surface area contributed by atoms with Crippen LogP contribution in [-0.2, 0) is 4.74 Å². The van der Waals surface area contributed by atoms with E-state index < -0.39 is 5.60 Å². The summed E-state index contributed by atoms with van der Waals surface area (Å²) in [4.78, 5) is 11.8. The van der Waals surface area contributed by atoms with E-state index in [-0.39, 0.29) is 6.09 Å². The Balaban J connectivity index is 2.50. The molecule has 2 atom stereocenters. The number of carbonyl (C=O) groups excluding carboxylic acids is 1. The van der Waals surface area contributed by atoms with Crippen LogP contribution in [0.4, 0.5) is 4.79 Å². The van der Waals surface area contributed by atoms with Gasteiger partial charge in [0.05, 0.1) is 0 Å². The second-order valence-corrected chi connectivity index (χ2v) is 7.73. The molecule has 2 N–H and O–H groups in total. The molecule has 1 rings (SSSR count).